The molecule has 140 valence electrons. The van der Waals surface area contributed by atoms with Crippen molar-refractivity contribution in [2.24, 2.45) is 0 Å². The molecule has 4 heterocycles. The topological polar surface area (TPSA) is 111 Å². The largest absolute Gasteiger partial charge is 0.337 e. The van der Waals surface area contributed by atoms with Crippen LogP contribution in [0.2, 0.25) is 0 Å². The first kappa shape index (κ1) is 17.5. The molecule has 9 nitrogen and oxygen atoms in total. The first-order chi connectivity index (χ1) is 13.3. The van der Waals surface area contributed by atoms with Crippen molar-refractivity contribution in [3.05, 3.63) is 36.0 Å². The number of nitrogens with one attached hydrogen (secondary N) is 2. The van der Waals surface area contributed by atoms with E-state index in [0.29, 0.717) is 23.1 Å². The first-order valence-electron chi connectivity index (χ1n) is 9.00. The number of carbonyl (C=O) groups excluding carboxylic acids is 1. The average Bonchev–Trinajstić information content (AvgIpc) is 3.23. The van der Waals surface area contributed by atoms with Crippen LogP contribution in [0.25, 0.3) is 10.7 Å². The molecule has 2 amide bonds. The smallest absolute Gasteiger partial charge is 0.321 e. The third-order valence-corrected chi connectivity index (χ3v) is 5.21. The molecular formula is C17H20N8OS. The Bertz CT molecular complexity index is 907. The predicted octanol–water partition coefficient (Wildman–Crippen LogP) is 2.28. The molecule has 4 rings (SSSR count). The zero-order valence-corrected chi connectivity index (χ0v) is 15.6. The van der Waals surface area contributed by atoms with Crippen molar-refractivity contribution in [1.82, 2.24) is 35.3 Å². The van der Waals surface area contributed by atoms with Crippen LogP contribution in [-0.2, 0) is 19.4 Å². The Morgan fingerprint density at radius 1 is 1.15 bits per heavy atom. The standard InChI is InChI=1S/C17H20N8OS/c26-16(20-17-24-23-15(27-17)12-6-3-4-9-18-12)19-10-8-14-22-21-13-7-2-1-5-11-25(13)14/h3-4,6,9H,1-2,5,7-8,10-11H2,(H2,19,20,24,26). The minimum Gasteiger partial charge on any atom is -0.337 e. The fourth-order valence-corrected chi connectivity index (χ4v) is 3.74. The van der Waals surface area contributed by atoms with Gasteiger partial charge in [0.05, 0.1) is 0 Å². The number of aryl methyl sites for hydroxylation is 1. The molecule has 0 saturated carbocycles. The van der Waals surface area contributed by atoms with E-state index in [9.17, 15) is 4.79 Å². The van der Waals surface area contributed by atoms with Crippen molar-refractivity contribution in [2.45, 2.75) is 38.6 Å². The molecule has 0 saturated heterocycles. The van der Waals surface area contributed by atoms with Gasteiger partial charge in [0.25, 0.3) is 0 Å². The van der Waals surface area contributed by atoms with Gasteiger partial charge in [-0.15, -0.1) is 20.4 Å². The molecule has 10 heteroatoms. The Labute approximate surface area is 160 Å². The van der Waals surface area contributed by atoms with Crippen molar-refractivity contribution >= 4 is 22.5 Å². The van der Waals surface area contributed by atoms with Crippen molar-refractivity contribution in [1.29, 1.82) is 0 Å². The molecule has 0 spiro atoms. The average molecular weight is 384 g/mol. The Hall–Kier alpha value is -2.88. The van der Waals surface area contributed by atoms with Crippen LogP contribution in [0.3, 0.4) is 0 Å². The summed E-state index contributed by atoms with van der Waals surface area (Å²) in [6, 6.07) is 5.26. The maximum atomic E-state index is 12.1. The molecule has 1 aliphatic heterocycles. The van der Waals surface area contributed by atoms with Crippen molar-refractivity contribution in [3.8, 4) is 10.7 Å². The number of anilines is 1. The third-order valence-electron chi connectivity index (χ3n) is 4.35. The summed E-state index contributed by atoms with van der Waals surface area (Å²) in [6.07, 6.45) is 6.88. The summed E-state index contributed by atoms with van der Waals surface area (Å²) >= 11 is 1.28. The molecular weight excluding hydrogens is 364 g/mol. The van der Waals surface area contributed by atoms with E-state index in [1.54, 1.807) is 6.20 Å². The zero-order chi connectivity index (χ0) is 18.5. The predicted molar refractivity (Wildman–Crippen MR) is 101 cm³/mol. The molecule has 0 atom stereocenters. The van der Waals surface area contributed by atoms with Crippen LogP contribution in [0.5, 0.6) is 0 Å². The van der Waals surface area contributed by atoms with Crippen LogP contribution in [0, 0.1) is 0 Å². The Kier molecular flexibility index (Phi) is 5.33. The van der Waals surface area contributed by atoms with E-state index < -0.39 is 0 Å². The van der Waals surface area contributed by atoms with E-state index >= 15 is 0 Å². The molecule has 0 bridgehead atoms. The van der Waals surface area contributed by atoms with E-state index in [-0.39, 0.29) is 6.03 Å². The minimum atomic E-state index is -0.311. The van der Waals surface area contributed by atoms with E-state index in [0.717, 1.165) is 36.7 Å². The van der Waals surface area contributed by atoms with Crippen LogP contribution in [-0.4, -0.2) is 42.5 Å². The minimum absolute atomic E-state index is 0.311. The van der Waals surface area contributed by atoms with Crippen LogP contribution in [0.1, 0.15) is 30.9 Å². The Balaban J connectivity index is 1.28. The molecule has 27 heavy (non-hydrogen) atoms. The van der Waals surface area contributed by atoms with E-state index in [1.165, 1.54) is 24.2 Å². The Morgan fingerprint density at radius 2 is 2.11 bits per heavy atom. The van der Waals surface area contributed by atoms with Gasteiger partial charge in [-0.25, -0.2) is 4.79 Å². The Morgan fingerprint density at radius 3 is 3.00 bits per heavy atom. The number of fused-ring (bicyclic) bond motifs is 1. The lowest BCUT2D eigenvalue weighted by molar-refractivity contribution is 0.252. The first-order valence-corrected chi connectivity index (χ1v) is 9.82. The second-order valence-electron chi connectivity index (χ2n) is 6.25. The molecule has 2 N–H and O–H groups in total. The van der Waals surface area contributed by atoms with Gasteiger partial charge < -0.3 is 9.88 Å². The number of aromatic nitrogens is 6. The van der Waals surface area contributed by atoms with Gasteiger partial charge in [0, 0.05) is 32.1 Å². The summed E-state index contributed by atoms with van der Waals surface area (Å²) < 4.78 is 2.19. The lowest BCUT2D eigenvalue weighted by Crippen LogP contribution is -2.31. The van der Waals surface area contributed by atoms with Gasteiger partial charge in [-0.1, -0.05) is 23.8 Å². The molecule has 3 aromatic rings. The van der Waals surface area contributed by atoms with Crippen LogP contribution >= 0.6 is 11.3 Å². The van der Waals surface area contributed by atoms with E-state index in [1.807, 2.05) is 18.2 Å². The lowest BCUT2D eigenvalue weighted by atomic mass is 10.2. The van der Waals surface area contributed by atoms with E-state index in [4.69, 9.17) is 0 Å². The van der Waals surface area contributed by atoms with Gasteiger partial charge in [0.1, 0.15) is 17.3 Å². The van der Waals surface area contributed by atoms with Crippen LogP contribution in [0.15, 0.2) is 24.4 Å². The van der Waals surface area contributed by atoms with Gasteiger partial charge in [0.15, 0.2) is 5.01 Å². The van der Waals surface area contributed by atoms with E-state index in [2.05, 4.69) is 40.6 Å². The summed E-state index contributed by atoms with van der Waals surface area (Å²) in [5.41, 5.74) is 0.732. The fourth-order valence-electron chi connectivity index (χ4n) is 3.03. The second kappa shape index (κ2) is 8.21. The fraction of sp³-hybridized carbons (Fsp3) is 0.412. The number of urea groups is 1. The quantitative estimate of drug-likeness (QED) is 0.698. The number of rotatable bonds is 5. The summed E-state index contributed by atoms with van der Waals surface area (Å²) in [5.74, 6) is 1.99. The van der Waals surface area contributed by atoms with Gasteiger partial charge >= 0.3 is 6.03 Å². The number of amides is 2. The molecule has 0 aromatic carbocycles. The maximum absolute atomic E-state index is 12.1. The number of hydrogen-bond donors (Lipinski definition) is 2. The number of carbonyl (C=O) groups is 1. The molecule has 0 fully saturated rings. The van der Waals surface area contributed by atoms with Crippen LogP contribution < -0.4 is 10.6 Å². The van der Waals surface area contributed by atoms with Crippen molar-refractivity contribution in [2.75, 3.05) is 11.9 Å². The summed E-state index contributed by atoms with van der Waals surface area (Å²) in [5, 5.41) is 23.2. The molecule has 0 unspecified atom stereocenters. The highest BCUT2D eigenvalue weighted by atomic mass is 32.1. The zero-order valence-electron chi connectivity index (χ0n) is 14.8. The normalized spacial score (nSPS) is 13.6. The molecule has 0 aliphatic carbocycles. The van der Waals surface area contributed by atoms with Gasteiger partial charge in [0.2, 0.25) is 5.13 Å². The molecule has 3 aromatic heterocycles. The van der Waals surface area contributed by atoms with Gasteiger partial charge in [-0.3, -0.25) is 10.3 Å². The van der Waals surface area contributed by atoms with Crippen molar-refractivity contribution < 1.29 is 4.79 Å². The highest BCUT2D eigenvalue weighted by Crippen LogP contribution is 2.24. The molecule has 1 aliphatic rings. The van der Waals surface area contributed by atoms with Crippen molar-refractivity contribution in [3.63, 3.8) is 0 Å². The monoisotopic (exact) mass is 384 g/mol. The van der Waals surface area contributed by atoms with Gasteiger partial charge in [-0.2, -0.15) is 0 Å². The molecule has 0 radical (unpaired) electrons. The second-order valence-corrected chi connectivity index (χ2v) is 7.23. The SMILES string of the molecule is O=C(NCCc1nnc2n1CCCCC2)Nc1nnc(-c2ccccn2)s1. The highest BCUT2D eigenvalue weighted by Gasteiger charge is 2.15. The summed E-state index contributed by atoms with van der Waals surface area (Å²) in [6.45, 7) is 1.45. The van der Waals surface area contributed by atoms with Gasteiger partial charge in [-0.05, 0) is 25.0 Å². The third kappa shape index (κ3) is 4.27. The summed E-state index contributed by atoms with van der Waals surface area (Å²) in [7, 11) is 0. The van der Waals surface area contributed by atoms with Crippen LogP contribution in [0.4, 0.5) is 9.93 Å². The lowest BCUT2D eigenvalue weighted by Gasteiger charge is -2.08. The highest BCUT2D eigenvalue weighted by molar-refractivity contribution is 7.18. The maximum Gasteiger partial charge on any atom is 0.321 e. The number of hydrogen-bond acceptors (Lipinski definition) is 7. The number of pyridine rings is 1. The summed E-state index contributed by atoms with van der Waals surface area (Å²) in [4.78, 5) is 16.3. The number of nitrogens with zero attached hydrogens (tertiary/aromatic N) is 6.